The molecule has 0 aliphatic rings. The summed E-state index contributed by atoms with van der Waals surface area (Å²) in [4.78, 5) is 23.0. The van der Waals surface area contributed by atoms with E-state index in [0.717, 1.165) is 38.2 Å². The highest BCUT2D eigenvalue weighted by Crippen LogP contribution is 2.16. The molecule has 0 rings (SSSR count). The van der Waals surface area contributed by atoms with E-state index in [9.17, 15) is 14.7 Å². The number of carbonyl (C=O) groups is 2. The van der Waals surface area contributed by atoms with Crippen LogP contribution >= 0.6 is 0 Å². The molecule has 170 valence electrons. The predicted octanol–water partition coefficient (Wildman–Crippen LogP) is 6.53. The van der Waals surface area contributed by atoms with Gasteiger partial charge in [-0.2, -0.15) is 0 Å². The van der Waals surface area contributed by atoms with Gasteiger partial charge in [0.15, 0.2) is 0 Å². The van der Waals surface area contributed by atoms with E-state index in [-0.39, 0.29) is 12.2 Å². The average Bonchev–Trinajstić information content (AvgIpc) is 2.65. The summed E-state index contributed by atoms with van der Waals surface area (Å²) < 4.78 is 5.23. The molecular weight excluding hydrogens is 368 g/mol. The van der Waals surface area contributed by atoms with Crippen molar-refractivity contribution >= 4 is 11.9 Å². The molecule has 0 aromatic rings. The first-order valence-corrected chi connectivity index (χ1v) is 11.8. The molecule has 2 N–H and O–H groups in total. The number of rotatable bonds is 20. The van der Waals surface area contributed by atoms with Gasteiger partial charge in [0.1, 0.15) is 5.76 Å². The first kappa shape index (κ1) is 27.6. The topological polar surface area (TPSA) is 83.8 Å². The van der Waals surface area contributed by atoms with E-state index >= 15 is 0 Å². The number of carbonyl (C=O) groups excluding carboxylic acids is 1. The fraction of sp³-hybridized carbons (Fsp3) is 0.833. The summed E-state index contributed by atoms with van der Waals surface area (Å²) in [5.74, 6) is -1.46. The molecule has 0 aliphatic heterocycles. The van der Waals surface area contributed by atoms with Crippen molar-refractivity contribution in [3.8, 4) is 0 Å². The first-order chi connectivity index (χ1) is 14.0. The third kappa shape index (κ3) is 19.7. The van der Waals surface area contributed by atoms with Crippen LogP contribution in [-0.2, 0) is 14.3 Å². The standard InChI is InChI=1S/C24H44O5/c1-3-5-7-9-11-13-15-17-21(25)19-24(28)29-22(20-23(26)27)18-16-14-12-10-8-6-4-2/h20-21,25H,3-19H2,1-2H3,(H,26,27). The van der Waals surface area contributed by atoms with Crippen LogP contribution in [0.15, 0.2) is 11.8 Å². The van der Waals surface area contributed by atoms with Crippen molar-refractivity contribution in [2.75, 3.05) is 0 Å². The second-order valence-corrected chi connectivity index (χ2v) is 8.06. The largest absolute Gasteiger partial charge is 0.478 e. The molecule has 1 atom stereocenters. The van der Waals surface area contributed by atoms with Gasteiger partial charge in [0.2, 0.25) is 0 Å². The number of allylic oxidation sites excluding steroid dienone is 1. The van der Waals surface area contributed by atoms with Gasteiger partial charge >= 0.3 is 11.9 Å². The third-order valence-corrected chi connectivity index (χ3v) is 5.10. The Morgan fingerprint density at radius 2 is 1.28 bits per heavy atom. The summed E-state index contributed by atoms with van der Waals surface area (Å²) in [5, 5.41) is 19.0. The van der Waals surface area contributed by atoms with Crippen molar-refractivity contribution in [1.29, 1.82) is 0 Å². The minimum Gasteiger partial charge on any atom is -0.478 e. The second-order valence-electron chi connectivity index (χ2n) is 8.06. The molecule has 0 aliphatic carbocycles. The lowest BCUT2D eigenvalue weighted by Gasteiger charge is -2.12. The van der Waals surface area contributed by atoms with E-state index in [4.69, 9.17) is 9.84 Å². The van der Waals surface area contributed by atoms with Crippen LogP contribution < -0.4 is 0 Å². The van der Waals surface area contributed by atoms with E-state index < -0.39 is 18.0 Å². The second kappa shape index (κ2) is 19.9. The van der Waals surface area contributed by atoms with Gasteiger partial charge in [-0.15, -0.1) is 0 Å². The predicted molar refractivity (Wildman–Crippen MR) is 118 cm³/mol. The maximum Gasteiger partial charge on any atom is 0.331 e. The number of unbranched alkanes of at least 4 members (excludes halogenated alkanes) is 12. The molecule has 5 nitrogen and oxygen atoms in total. The van der Waals surface area contributed by atoms with Crippen LogP contribution in [0.1, 0.15) is 123 Å². The number of aliphatic carboxylic acids is 1. The Labute approximate surface area is 177 Å². The molecule has 0 radical (unpaired) electrons. The maximum absolute atomic E-state index is 12.0. The number of carboxylic acid groups (broad SMARTS) is 1. The van der Waals surface area contributed by atoms with Crippen LogP contribution in [0.2, 0.25) is 0 Å². The Morgan fingerprint density at radius 3 is 1.79 bits per heavy atom. The Morgan fingerprint density at radius 1 is 0.793 bits per heavy atom. The summed E-state index contributed by atoms with van der Waals surface area (Å²) in [6, 6.07) is 0. The van der Waals surface area contributed by atoms with Gasteiger partial charge < -0.3 is 14.9 Å². The zero-order valence-corrected chi connectivity index (χ0v) is 18.8. The molecular formula is C24H44O5. The fourth-order valence-electron chi connectivity index (χ4n) is 3.37. The molecule has 1 unspecified atom stereocenters. The molecule has 0 fully saturated rings. The van der Waals surface area contributed by atoms with Crippen LogP contribution in [0.25, 0.3) is 0 Å². The molecule has 0 saturated carbocycles. The van der Waals surface area contributed by atoms with E-state index in [2.05, 4.69) is 13.8 Å². The highest BCUT2D eigenvalue weighted by Gasteiger charge is 2.14. The highest BCUT2D eigenvalue weighted by atomic mass is 16.5. The van der Waals surface area contributed by atoms with E-state index in [1.165, 1.54) is 57.8 Å². The van der Waals surface area contributed by atoms with Gasteiger partial charge in [-0.05, 0) is 12.8 Å². The van der Waals surface area contributed by atoms with Gasteiger partial charge in [0, 0.05) is 6.42 Å². The minimum atomic E-state index is -1.11. The lowest BCUT2D eigenvalue weighted by atomic mass is 10.0. The van der Waals surface area contributed by atoms with Crippen molar-refractivity contribution in [3.05, 3.63) is 11.8 Å². The Balaban J connectivity index is 4.03. The SMILES string of the molecule is CCCCCCCCCC(=CC(=O)O)OC(=O)CC(O)CCCCCCCCC. The average molecular weight is 413 g/mol. The zero-order chi connectivity index (χ0) is 21.7. The molecule has 0 bridgehead atoms. The molecule has 5 heteroatoms. The van der Waals surface area contributed by atoms with Gasteiger partial charge in [-0.3, -0.25) is 4.79 Å². The van der Waals surface area contributed by atoms with Crippen molar-refractivity contribution < 1.29 is 24.5 Å². The van der Waals surface area contributed by atoms with Crippen molar-refractivity contribution in [2.24, 2.45) is 0 Å². The van der Waals surface area contributed by atoms with Crippen molar-refractivity contribution in [2.45, 2.75) is 129 Å². The number of aliphatic hydroxyl groups excluding tert-OH is 1. The van der Waals surface area contributed by atoms with E-state index in [1.807, 2.05) is 0 Å². The smallest absolute Gasteiger partial charge is 0.331 e. The van der Waals surface area contributed by atoms with Crippen LogP contribution in [-0.4, -0.2) is 28.3 Å². The van der Waals surface area contributed by atoms with Gasteiger partial charge in [0.05, 0.1) is 18.6 Å². The normalized spacial score (nSPS) is 12.7. The Bertz CT molecular complexity index is 445. The molecule has 29 heavy (non-hydrogen) atoms. The number of hydrogen-bond acceptors (Lipinski definition) is 4. The first-order valence-electron chi connectivity index (χ1n) is 11.8. The summed E-state index contributed by atoms with van der Waals surface area (Å²) in [6.45, 7) is 4.38. The van der Waals surface area contributed by atoms with Crippen LogP contribution in [0.5, 0.6) is 0 Å². The summed E-state index contributed by atoms with van der Waals surface area (Å²) >= 11 is 0. The summed E-state index contributed by atoms with van der Waals surface area (Å²) in [7, 11) is 0. The lowest BCUT2D eigenvalue weighted by Crippen LogP contribution is -2.16. The van der Waals surface area contributed by atoms with Gasteiger partial charge in [0.25, 0.3) is 0 Å². The molecule has 0 saturated heterocycles. The highest BCUT2D eigenvalue weighted by molar-refractivity contribution is 5.81. The van der Waals surface area contributed by atoms with Crippen molar-refractivity contribution in [3.63, 3.8) is 0 Å². The van der Waals surface area contributed by atoms with E-state index in [1.54, 1.807) is 0 Å². The zero-order valence-electron chi connectivity index (χ0n) is 18.8. The van der Waals surface area contributed by atoms with Gasteiger partial charge in [-0.1, -0.05) is 97.3 Å². The molecule has 0 aromatic carbocycles. The number of aliphatic hydroxyl groups is 1. The molecule has 0 spiro atoms. The number of carboxylic acids is 1. The van der Waals surface area contributed by atoms with Crippen LogP contribution in [0, 0.1) is 0 Å². The third-order valence-electron chi connectivity index (χ3n) is 5.10. The molecule has 0 amide bonds. The Hall–Kier alpha value is -1.36. The molecule has 0 heterocycles. The summed E-state index contributed by atoms with van der Waals surface area (Å²) in [6.07, 6.45) is 17.2. The monoisotopic (exact) mass is 412 g/mol. The number of esters is 1. The van der Waals surface area contributed by atoms with E-state index in [0.29, 0.717) is 12.8 Å². The maximum atomic E-state index is 12.0. The quantitative estimate of drug-likeness (QED) is 0.103. The lowest BCUT2D eigenvalue weighted by molar-refractivity contribution is -0.142. The summed E-state index contributed by atoms with van der Waals surface area (Å²) in [5.41, 5.74) is 0. The van der Waals surface area contributed by atoms with Gasteiger partial charge in [-0.25, -0.2) is 4.79 Å². The fourth-order valence-corrected chi connectivity index (χ4v) is 3.37. The Kier molecular flexibility index (Phi) is 19.0. The number of hydrogen-bond donors (Lipinski definition) is 2. The van der Waals surface area contributed by atoms with Crippen LogP contribution in [0.3, 0.4) is 0 Å². The molecule has 0 aromatic heterocycles. The van der Waals surface area contributed by atoms with Crippen LogP contribution in [0.4, 0.5) is 0 Å². The number of ether oxygens (including phenoxy) is 1. The van der Waals surface area contributed by atoms with Crippen molar-refractivity contribution in [1.82, 2.24) is 0 Å². The minimum absolute atomic E-state index is 0.0796.